The van der Waals surface area contributed by atoms with E-state index in [0.29, 0.717) is 6.61 Å². The van der Waals surface area contributed by atoms with Crippen molar-refractivity contribution in [1.29, 1.82) is 0 Å². The van der Waals surface area contributed by atoms with E-state index in [0.717, 1.165) is 37.2 Å². The van der Waals surface area contributed by atoms with E-state index in [2.05, 4.69) is 5.32 Å². The van der Waals surface area contributed by atoms with Gasteiger partial charge in [0.05, 0.1) is 6.61 Å². The van der Waals surface area contributed by atoms with Gasteiger partial charge in [0.15, 0.2) is 0 Å². The zero-order valence-corrected chi connectivity index (χ0v) is 11.2. The Hall–Kier alpha value is -1.09. The number of rotatable bonds is 4. The monoisotopic (exact) mass is 251 g/mol. The molecule has 1 aliphatic rings. The summed E-state index contributed by atoms with van der Waals surface area (Å²) in [6.45, 7) is 6.05. The minimum atomic E-state index is -1.27. The van der Waals surface area contributed by atoms with Crippen molar-refractivity contribution >= 4 is 0 Å². The molecular weight excluding hydrogens is 229 g/mol. The minimum absolute atomic E-state index is 0.0594. The lowest BCUT2D eigenvalue weighted by molar-refractivity contribution is 0.0811. The molecule has 2 unspecified atom stereocenters. The average Bonchev–Trinajstić information content (AvgIpc) is 2.41. The molecule has 1 aromatic carbocycles. The molecule has 0 bridgehead atoms. The molecule has 0 saturated carbocycles. The maximum atomic E-state index is 14.9. The third-order valence-corrected chi connectivity index (χ3v) is 3.79. The van der Waals surface area contributed by atoms with Gasteiger partial charge in [0.25, 0.3) is 0 Å². The van der Waals surface area contributed by atoms with Crippen molar-refractivity contribution in [3.8, 4) is 5.75 Å². The molecule has 1 saturated heterocycles. The summed E-state index contributed by atoms with van der Waals surface area (Å²) < 4.78 is 20.3. The Kier molecular flexibility index (Phi) is 4.23. The van der Waals surface area contributed by atoms with E-state index in [1.165, 1.54) is 0 Å². The molecule has 3 heteroatoms. The van der Waals surface area contributed by atoms with E-state index < -0.39 is 5.67 Å². The molecule has 1 heterocycles. The molecule has 18 heavy (non-hydrogen) atoms. The number of piperidine rings is 1. The Morgan fingerprint density at radius 2 is 2.11 bits per heavy atom. The van der Waals surface area contributed by atoms with Crippen molar-refractivity contribution in [3.05, 3.63) is 29.8 Å². The van der Waals surface area contributed by atoms with Crippen LogP contribution >= 0.6 is 0 Å². The highest BCUT2D eigenvalue weighted by Crippen LogP contribution is 2.37. The maximum absolute atomic E-state index is 14.9. The van der Waals surface area contributed by atoms with E-state index in [4.69, 9.17) is 4.74 Å². The largest absolute Gasteiger partial charge is 0.494 e. The summed E-state index contributed by atoms with van der Waals surface area (Å²) in [5.41, 5.74) is -0.516. The van der Waals surface area contributed by atoms with Crippen LogP contribution in [0, 0.1) is 5.92 Å². The maximum Gasteiger partial charge on any atom is 0.137 e. The Bertz CT molecular complexity index is 369. The Balaban J connectivity index is 2.12. The molecule has 2 atom stereocenters. The lowest BCUT2D eigenvalue weighted by Gasteiger charge is -2.34. The van der Waals surface area contributed by atoms with Crippen LogP contribution in [0.4, 0.5) is 4.39 Å². The van der Waals surface area contributed by atoms with Gasteiger partial charge in [0.2, 0.25) is 0 Å². The third kappa shape index (κ3) is 2.83. The molecule has 0 aliphatic carbocycles. The van der Waals surface area contributed by atoms with E-state index in [1.54, 1.807) is 6.92 Å². The topological polar surface area (TPSA) is 21.3 Å². The second kappa shape index (κ2) is 5.70. The summed E-state index contributed by atoms with van der Waals surface area (Å²) in [5.74, 6) is 0.864. The second-order valence-corrected chi connectivity index (χ2v) is 5.08. The number of hydrogen-bond donors (Lipinski definition) is 1. The van der Waals surface area contributed by atoms with Crippen LogP contribution in [0.3, 0.4) is 0 Å². The van der Waals surface area contributed by atoms with Gasteiger partial charge in [0.1, 0.15) is 11.4 Å². The van der Waals surface area contributed by atoms with E-state index in [1.807, 2.05) is 31.2 Å². The summed E-state index contributed by atoms with van der Waals surface area (Å²) in [4.78, 5) is 0. The van der Waals surface area contributed by atoms with Crippen LogP contribution < -0.4 is 10.1 Å². The first kappa shape index (κ1) is 13.3. The lowest BCUT2D eigenvalue weighted by atomic mass is 9.80. The molecule has 0 aromatic heterocycles. The smallest absolute Gasteiger partial charge is 0.137 e. The van der Waals surface area contributed by atoms with Crippen LogP contribution in [0.2, 0.25) is 0 Å². The van der Waals surface area contributed by atoms with Gasteiger partial charge in [-0.15, -0.1) is 0 Å². The Labute approximate surface area is 109 Å². The van der Waals surface area contributed by atoms with Gasteiger partial charge < -0.3 is 10.1 Å². The molecule has 1 aliphatic heterocycles. The predicted octanol–water partition coefficient (Wildman–Crippen LogP) is 3.27. The fourth-order valence-corrected chi connectivity index (χ4v) is 2.59. The molecule has 100 valence electrons. The molecule has 2 nitrogen and oxygen atoms in total. The zero-order chi connectivity index (χ0) is 13.0. The highest BCUT2D eigenvalue weighted by Gasteiger charge is 2.36. The molecule has 0 radical (unpaired) electrons. The summed E-state index contributed by atoms with van der Waals surface area (Å²) in [7, 11) is 0. The van der Waals surface area contributed by atoms with Gasteiger partial charge in [-0.2, -0.15) is 0 Å². The van der Waals surface area contributed by atoms with Crippen molar-refractivity contribution in [1.82, 2.24) is 5.32 Å². The zero-order valence-electron chi connectivity index (χ0n) is 11.2. The number of alkyl halides is 1. The van der Waals surface area contributed by atoms with Crippen molar-refractivity contribution in [2.24, 2.45) is 5.92 Å². The average molecular weight is 251 g/mol. The van der Waals surface area contributed by atoms with Gasteiger partial charge in [-0.05, 0) is 50.9 Å². The highest BCUT2D eigenvalue weighted by molar-refractivity contribution is 5.31. The second-order valence-electron chi connectivity index (χ2n) is 5.08. The van der Waals surface area contributed by atoms with Gasteiger partial charge in [-0.25, -0.2) is 4.39 Å². The number of nitrogens with one attached hydrogen (secondary N) is 1. The number of ether oxygens (including phenoxy) is 1. The fourth-order valence-electron chi connectivity index (χ4n) is 2.59. The van der Waals surface area contributed by atoms with Gasteiger partial charge in [0, 0.05) is 12.5 Å². The van der Waals surface area contributed by atoms with Crippen LogP contribution in [0.5, 0.6) is 5.75 Å². The predicted molar refractivity (Wildman–Crippen MR) is 71.7 cm³/mol. The quantitative estimate of drug-likeness (QED) is 0.886. The van der Waals surface area contributed by atoms with Crippen LogP contribution in [0.1, 0.15) is 32.3 Å². The van der Waals surface area contributed by atoms with Crippen LogP contribution in [-0.2, 0) is 5.67 Å². The van der Waals surface area contributed by atoms with Crippen molar-refractivity contribution in [3.63, 3.8) is 0 Å². The van der Waals surface area contributed by atoms with Crippen molar-refractivity contribution < 1.29 is 9.13 Å². The molecular formula is C15H22FNO. The Morgan fingerprint density at radius 3 is 2.67 bits per heavy atom. The summed E-state index contributed by atoms with van der Waals surface area (Å²) >= 11 is 0. The molecule has 1 aromatic rings. The number of halogens is 1. The van der Waals surface area contributed by atoms with E-state index in [9.17, 15) is 4.39 Å². The van der Waals surface area contributed by atoms with Crippen molar-refractivity contribution in [2.75, 3.05) is 19.7 Å². The standard InChI is InChI=1S/C15H22FNO/c1-3-18-14-8-6-12(7-9-14)15(2,16)13-5-4-10-17-11-13/h6-9,13,17H,3-5,10-11H2,1-2H3. The summed E-state index contributed by atoms with van der Waals surface area (Å²) in [6, 6.07) is 7.40. The van der Waals surface area contributed by atoms with Crippen LogP contribution in [0.15, 0.2) is 24.3 Å². The first-order valence-electron chi connectivity index (χ1n) is 6.77. The SMILES string of the molecule is CCOc1ccc(C(C)(F)C2CCCNC2)cc1. The normalized spacial score (nSPS) is 23.4. The van der Waals surface area contributed by atoms with Gasteiger partial charge in [-0.3, -0.25) is 0 Å². The summed E-state index contributed by atoms with van der Waals surface area (Å²) in [5, 5.41) is 3.28. The van der Waals surface area contributed by atoms with Crippen LogP contribution in [-0.4, -0.2) is 19.7 Å². The third-order valence-electron chi connectivity index (χ3n) is 3.79. The van der Waals surface area contributed by atoms with Crippen molar-refractivity contribution in [2.45, 2.75) is 32.4 Å². The fraction of sp³-hybridized carbons (Fsp3) is 0.600. The number of benzene rings is 1. The Morgan fingerprint density at radius 1 is 1.39 bits per heavy atom. The first-order chi connectivity index (χ1) is 8.64. The minimum Gasteiger partial charge on any atom is -0.494 e. The van der Waals surface area contributed by atoms with Gasteiger partial charge >= 0.3 is 0 Å². The van der Waals surface area contributed by atoms with Gasteiger partial charge in [-0.1, -0.05) is 12.1 Å². The molecule has 1 fully saturated rings. The number of hydrogen-bond acceptors (Lipinski definition) is 2. The molecule has 0 amide bonds. The highest BCUT2D eigenvalue weighted by atomic mass is 19.1. The molecule has 2 rings (SSSR count). The van der Waals surface area contributed by atoms with E-state index in [-0.39, 0.29) is 5.92 Å². The summed E-state index contributed by atoms with van der Waals surface area (Å²) in [6.07, 6.45) is 2.01. The molecule has 1 N–H and O–H groups in total. The lowest BCUT2D eigenvalue weighted by Crippen LogP contribution is -2.39. The molecule has 0 spiro atoms. The first-order valence-corrected chi connectivity index (χ1v) is 6.77. The van der Waals surface area contributed by atoms with E-state index >= 15 is 0 Å². The van der Waals surface area contributed by atoms with Crippen LogP contribution in [0.25, 0.3) is 0 Å².